The van der Waals surface area contributed by atoms with Crippen molar-refractivity contribution in [3.05, 3.63) is 23.2 Å². The van der Waals surface area contributed by atoms with Gasteiger partial charge in [-0.05, 0) is 33.8 Å². The van der Waals surface area contributed by atoms with Crippen molar-refractivity contribution in [3.63, 3.8) is 0 Å². The van der Waals surface area contributed by atoms with Gasteiger partial charge in [0, 0.05) is 24.9 Å². The van der Waals surface area contributed by atoms with E-state index in [1.54, 1.807) is 19.9 Å². The van der Waals surface area contributed by atoms with Gasteiger partial charge < -0.3 is 20.2 Å². The average Bonchev–Trinajstić information content (AvgIpc) is 2.74. The highest BCUT2D eigenvalue weighted by atomic mass is 127. The molecule has 24 heavy (non-hydrogen) atoms. The van der Waals surface area contributed by atoms with Crippen molar-refractivity contribution in [2.24, 2.45) is 4.99 Å². The quantitative estimate of drug-likeness (QED) is 0.314. The largest absolute Gasteiger partial charge is 0.466 e. The molecule has 1 heterocycles. The summed E-state index contributed by atoms with van der Waals surface area (Å²) in [7, 11) is -3.03. The molecule has 3 N–H and O–H groups in total. The molecular formula is C15H28IN3O4S. The van der Waals surface area contributed by atoms with Gasteiger partial charge in [0.2, 0.25) is 0 Å². The third-order valence-corrected chi connectivity index (χ3v) is 4.22. The van der Waals surface area contributed by atoms with Crippen LogP contribution in [0.15, 0.2) is 15.5 Å². The summed E-state index contributed by atoms with van der Waals surface area (Å²) in [6.07, 6.45) is 1.19. The number of nitrogens with one attached hydrogen (secondary N) is 2. The van der Waals surface area contributed by atoms with E-state index in [0.717, 1.165) is 5.76 Å². The first kappa shape index (κ1) is 23.2. The predicted octanol–water partition coefficient (Wildman–Crippen LogP) is 1.32. The highest BCUT2D eigenvalue weighted by Gasteiger charge is 2.27. The number of hydrogen-bond donors (Lipinski definition) is 3. The number of sulfone groups is 1. The summed E-state index contributed by atoms with van der Waals surface area (Å²) in [5.74, 6) is 1.89. The van der Waals surface area contributed by atoms with Crippen LogP contribution in [0.4, 0.5) is 0 Å². The molecule has 1 aromatic heterocycles. The number of aliphatic imine (C=N–C) groups is 1. The lowest BCUT2D eigenvalue weighted by molar-refractivity contribution is 0.0657. The second-order valence-electron chi connectivity index (χ2n) is 5.85. The topological polar surface area (TPSA) is 104 Å². The number of hydrogen-bond acceptors (Lipinski definition) is 5. The minimum atomic E-state index is -3.03. The number of guanidine groups is 1. The van der Waals surface area contributed by atoms with Crippen molar-refractivity contribution in [2.45, 2.75) is 33.3 Å². The molecule has 0 aliphatic rings. The van der Waals surface area contributed by atoms with Gasteiger partial charge in [-0.2, -0.15) is 0 Å². The van der Waals surface area contributed by atoms with Gasteiger partial charge in [0.15, 0.2) is 5.96 Å². The van der Waals surface area contributed by atoms with Gasteiger partial charge in [-0.15, -0.1) is 24.0 Å². The number of rotatable bonds is 7. The molecule has 0 saturated heterocycles. The van der Waals surface area contributed by atoms with Gasteiger partial charge in [-0.25, -0.2) is 13.4 Å². The number of furan rings is 1. The molecule has 7 nitrogen and oxygen atoms in total. The molecule has 0 spiro atoms. The third kappa shape index (κ3) is 7.84. The number of halogens is 1. The molecule has 1 aromatic rings. The summed E-state index contributed by atoms with van der Waals surface area (Å²) in [6, 6.07) is 1.80. The van der Waals surface area contributed by atoms with Crippen LogP contribution < -0.4 is 10.6 Å². The molecule has 0 aliphatic heterocycles. The van der Waals surface area contributed by atoms with E-state index in [1.165, 1.54) is 6.26 Å². The summed E-state index contributed by atoms with van der Waals surface area (Å²) in [6.45, 7) is 8.24. The standard InChI is InChI=1S/C15H27N3O4S.HI/c1-6-16-14(17-7-8-23(5,20)21)18-10-15(4,19)13-9-11(2)22-12(13)3;/h9,19H,6-8,10H2,1-5H3,(H2,16,17,18);1H. The van der Waals surface area contributed by atoms with Crippen LogP contribution in [-0.2, 0) is 15.4 Å². The Morgan fingerprint density at radius 3 is 2.46 bits per heavy atom. The Labute approximate surface area is 161 Å². The van der Waals surface area contributed by atoms with Gasteiger partial charge in [-0.1, -0.05) is 0 Å². The highest BCUT2D eigenvalue weighted by Crippen LogP contribution is 2.27. The molecule has 0 aliphatic carbocycles. The van der Waals surface area contributed by atoms with E-state index in [4.69, 9.17) is 4.42 Å². The predicted molar refractivity (Wildman–Crippen MR) is 107 cm³/mol. The minimum Gasteiger partial charge on any atom is -0.466 e. The summed E-state index contributed by atoms with van der Waals surface area (Å²) in [5.41, 5.74) is -0.466. The van der Waals surface area contributed by atoms with Gasteiger partial charge in [0.1, 0.15) is 27.0 Å². The smallest absolute Gasteiger partial charge is 0.191 e. The fourth-order valence-electron chi connectivity index (χ4n) is 2.18. The van der Waals surface area contributed by atoms with Crippen molar-refractivity contribution >= 4 is 39.8 Å². The first-order valence-electron chi connectivity index (χ1n) is 7.55. The fraction of sp³-hybridized carbons (Fsp3) is 0.667. The molecule has 0 aromatic carbocycles. The first-order valence-corrected chi connectivity index (χ1v) is 9.61. The molecule has 1 unspecified atom stereocenters. The monoisotopic (exact) mass is 473 g/mol. The highest BCUT2D eigenvalue weighted by molar-refractivity contribution is 14.0. The Kier molecular flexibility index (Phi) is 9.29. The van der Waals surface area contributed by atoms with Crippen LogP contribution in [-0.4, -0.2) is 51.1 Å². The van der Waals surface area contributed by atoms with Crippen molar-refractivity contribution in [1.29, 1.82) is 0 Å². The van der Waals surface area contributed by atoms with Crippen molar-refractivity contribution < 1.29 is 17.9 Å². The SMILES string of the molecule is CCNC(=NCC(C)(O)c1cc(C)oc1C)NCCS(C)(=O)=O.I. The molecule has 0 radical (unpaired) electrons. The second-order valence-corrected chi connectivity index (χ2v) is 8.11. The molecule has 140 valence electrons. The molecule has 0 fully saturated rings. The van der Waals surface area contributed by atoms with Crippen molar-refractivity contribution in [1.82, 2.24) is 10.6 Å². The molecule has 0 amide bonds. The van der Waals surface area contributed by atoms with E-state index < -0.39 is 15.4 Å². The van der Waals surface area contributed by atoms with Crippen molar-refractivity contribution in [3.8, 4) is 0 Å². The summed E-state index contributed by atoms with van der Waals surface area (Å²) < 4.78 is 27.8. The number of aryl methyl sites for hydroxylation is 2. The third-order valence-electron chi connectivity index (χ3n) is 3.28. The number of nitrogens with zero attached hydrogens (tertiary/aromatic N) is 1. The molecule has 0 saturated carbocycles. The summed E-state index contributed by atoms with van der Waals surface area (Å²) in [4.78, 5) is 4.34. The Hall–Kier alpha value is -0.810. The van der Waals surface area contributed by atoms with Crippen LogP contribution in [0, 0.1) is 13.8 Å². The van der Waals surface area contributed by atoms with Crippen LogP contribution in [0.1, 0.15) is 30.9 Å². The lowest BCUT2D eigenvalue weighted by Crippen LogP contribution is -2.40. The first-order chi connectivity index (χ1) is 10.5. The lowest BCUT2D eigenvalue weighted by Gasteiger charge is -2.21. The summed E-state index contributed by atoms with van der Waals surface area (Å²) >= 11 is 0. The molecule has 1 rings (SSSR count). The Morgan fingerprint density at radius 2 is 2.00 bits per heavy atom. The average molecular weight is 473 g/mol. The molecule has 0 bridgehead atoms. The van der Waals surface area contributed by atoms with E-state index in [9.17, 15) is 13.5 Å². The Bertz CT molecular complexity index is 654. The maximum atomic E-state index is 11.2. The maximum Gasteiger partial charge on any atom is 0.191 e. The van der Waals surface area contributed by atoms with E-state index in [2.05, 4.69) is 15.6 Å². The molecular weight excluding hydrogens is 445 g/mol. The van der Waals surface area contributed by atoms with Crippen LogP contribution in [0.5, 0.6) is 0 Å². The van der Waals surface area contributed by atoms with E-state index in [0.29, 0.717) is 23.8 Å². The second kappa shape index (κ2) is 9.62. The van der Waals surface area contributed by atoms with E-state index in [1.807, 2.05) is 13.8 Å². The zero-order valence-electron chi connectivity index (χ0n) is 14.8. The zero-order valence-corrected chi connectivity index (χ0v) is 18.0. The lowest BCUT2D eigenvalue weighted by atomic mass is 9.96. The maximum absolute atomic E-state index is 11.2. The Morgan fingerprint density at radius 1 is 1.38 bits per heavy atom. The van der Waals surface area contributed by atoms with Crippen LogP contribution in [0.2, 0.25) is 0 Å². The molecule has 9 heteroatoms. The van der Waals surface area contributed by atoms with Gasteiger partial charge in [-0.3, -0.25) is 0 Å². The van der Waals surface area contributed by atoms with Crippen LogP contribution in [0.3, 0.4) is 0 Å². The van der Waals surface area contributed by atoms with Gasteiger partial charge in [0.05, 0.1) is 12.3 Å². The number of aliphatic hydroxyl groups is 1. The zero-order chi connectivity index (χ0) is 17.7. The van der Waals surface area contributed by atoms with Crippen molar-refractivity contribution in [2.75, 3.05) is 31.6 Å². The van der Waals surface area contributed by atoms with E-state index >= 15 is 0 Å². The normalized spacial score (nSPS) is 14.7. The van der Waals surface area contributed by atoms with Gasteiger partial charge in [0.25, 0.3) is 0 Å². The van der Waals surface area contributed by atoms with Crippen LogP contribution in [0.25, 0.3) is 0 Å². The molecule has 1 atom stereocenters. The van der Waals surface area contributed by atoms with Gasteiger partial charge >= 0.3 is 0 Å². The minimum absolute atomic E-state index is 0. The van der Waals surface area contributed by atoms with E-state index in [-0.39, 0.29) is 42.8 Å². The summed E-state index contributed by atoms with van der Waals surface area (Å²) in [5, 5.41) is 16.6. The fourth-order valence-corrected chi connectivity index (χ4v) is 2.65. The van der Waals surface area contributed by atoms with Crippen LogP contribution >= 0.6 is 24.0 Å². The Balaban J connectivity index is 0.00000529.